The summed E-state index contributed by atoms with van der Waals surface area (Å²) >= 11 is 3.31. The number of benzene rings is 1. The Morgan fingerprint density at radius 1 is 1.39 bits per heavy atom. The molecule has 2 rings (SSSR count). The van der Waals surface area contributed by atoms with Crippen molar-refractivity contribution >= 4 is 22.2 Å². The van der Waals surface area contributed by atoms with E-state index in [0.717, 1.165) is 0 Å². The Morgan fingerprint density at radius 2 is 2.17 bits per heavy atom. The Bertz CT molecular complexity index is 640. The summed E-state index contributed by atoms with van der Waals surface area (Å²) in [4.78, 5) is 10.6. The van der Waals surface area contributed by atoms with Crippen LogP contribution < -0.4 is 4.74 Å². The number of carbonyl (C=O) groups excluding carboxylic acids is 1. The second-order valence-corrected chi connectivity index (χ2v) is 4.29. The lowest BCUT2D eigenvalue weighted by Gasteiger charge is -2.08. The van der Waals surface area contributed by atoms with Crippen molar-refractivity contribution in [3.63, 3.8) is 0 Å². The fourth-order valence-electron chi connectivity index (χ4n) is 1.63. The van der Waals surface area contributed by atoms with Crippen LogP contribution in [0.2, 0.25) is 0 Å². The zero-order valence-corrected chi connectivity index (χ0v) is 11.0. The SMILES string of the molecule is COc1c(Br)ccc(-c2ccc(C=O)o2)c1C#N. The molecule has 0 aliphatic carbocycles. The number of rotatable bonds is 3. The van der Waals surface area contributed by atoms with Crippen LogP contribution in [-0.2, 0) is 0 Å². The van der Waals surface area contributed by atoms with Gasteiger partial charge in [0, 0.05) is 5.56 Å². The second-order valence-electron chi connectivity index (χ2n) is 3.43. The van der Waals surface area contributed by atoms with E-state index in [9.17, 15) is 10.1 Å². The highest BCUT2D eigenvalue weighted by Gasteiger charge is 2.16. The molecule has 0 saturated carbocycles. The van der Waals surface area contributed by atoms with Gasteiger partial charge in [0.1, 0.15) is 17.4 Å². The molecule has 0 amide bonds. The first kappa shape index (κ1) is 12.4. The molecule has 18 heavy (non-hydrogen) atoms. The number of ether oxygens (including phenoxy) is 1. The maximum absolute atomic E-state index is 10.6. The number of carbonyl (C=O) groups is 1. The van der Waals surface area contributed by atoms with Crippen LogP contribution in [0.25, 0.3) is 11.3 Å². The van der Waals surface area contributed by atoms with E-state index < -0.39 is 0 Å². The lowest BCUT2D eigenvalue weighted by Crippen LogP contribution is -1.92. The van der Waals surface area contributed by atoms with Gasteiger partial charge in [-0.3, -0.25) is 4.79 Å². The highest BCUT2D eigenvalue weighted by molar-refractivity contribution is 9.10. The first-order valence-electron chi connectivity index (χ1n) is 5.03. The van der Waals surface area contributed by atoms with Crippen molar-refractivity contribution in [3.05, 3.63) is 40.1 Å². The standard InChI is InChI=1S/C13H8BrNO3/c1-17-13-10(6-15)9(3-4-11(13)14)12-5-2-8(7-16)18-12/h2-5,7H,1H3. The van der Waals surface area contributed by atoms with E-state index in [0.29, 0.717) is 33.4 Å². The molecule has 0 saturated heterocycles. The predicted molar refractivity (Wildman–Crippen MR) is 68.5 cm³/mol. The van der Waals surface area contributed by atoms with Crippen molar-refractivity contribution in [1.29, 1.82) is 5.26 Å². The van der Waals surface area contributed by atoms with Crippen LogP contribution in [0.15, 0.2) is 33.2 Å². The Balaban J connectivity index is 2.64. The van der Waals surface area contributed by atoms with Gasteiger partial charge in [0.25, 0.3) is 0 Å². The van der Waals surface area contributed by atoms with Gasteiger partial charge in [-0.25, -0.2) is 0 Å². The third kappa shape index (κ3) is 2.03. The summed E-state index contributed by atoms with van der Waals surface area (Å²) in [5.41, 5.74) is 0.948. The molecule has 90 valence electrons. The molecule has 0 aliphatic rings. The Labute approximate surface area is 112 Å². The maximum atomic E-state index is 10.6. The summed E-state index contributed by atoms with van der Waals surface area (Å²) in [6.45, 7) is 0. The molecule has 0 bridgehead atoms. The predicted octanol–water partition coefficient (Wildman–Crippen LogP) is 3.40. The summed E-state index contributed by atoms with van der Waals surface area (Å²) in [7, 11) is 1.49. The second kappa shape index (κ2) is 5.07. The van der Waals surface area contributed by atoms with Gasteiger partial charge in [-0.1, -0.05) is 0 Å². The molecule has 0 unspecified atom stereocenters. The van der Waals surface area contributed by atoms with Gasteiger partial charge in [0.2, 0.25) is 0 Å². The molecule has 0 N–H and O–H groups in total. The number of methoxy groups -OCH3 is 1. The van der Waals surface area contributed by atoms with Crippen molar-refractivity contribution in [1.82, 2.24) is 0 Å². The first-order valence-corrected chi connectivity index (χ1v) is 5.82. The van der Waals surface area contributed by atoms with Gasteiger partial charge in [0.15, 0.2) is 17.8 Å². The highest BCUT2D eigenvalue weighted by Crippen LogP contribution is 2.36. The van der Waals surface area contributed by atoms with Crippen LogP contribution in [0.5, 0.6) is 5.75 Å². The molecule has 1 aromatic carbocycles. The van der Waals surface area contributed by atoms with Crippen LogP contribution >= 0.6 is 15.9 Å². The minimum absolute atomic E-state index is 0.218. The zero-order valence-electron chi connectivity index (χ0n) is 9.44. The van der Waals surface area contributed by atoms with Crippen molar-refractivity contribution in [3.8, 4) is 23.1 Å². The minimum atomic E-state index is 0.218. The molecular weight excluding hydrogens is 298 g/mol. The fraction of sp³-hybridized carbons (Fsp3) is 0.0769. The molecule has 1 aromatic heterocycles. The maximum Gasteiger partial charge on any atom is 0.185 e. The Kier molecular flexibility index (Phi) is 3.49. The van der Waals surface area contributed by atoms with Gasteiger partial charge in [-0.15, -0.1) is 0 Å². The van der Waals surface area contributed by atoms with E-state index in [4.69, 9.17) is 9.15 Å². The van der Waals surface area contributed by atoms with Crippen LogP contribution in [-0.4, -0.2) is 13.4 Å². The number of furan rings is 1. The number of hydrogen-bond acceptors (Lipinski definition) is 4. The summed E-state index contributed by atoms with van der Waals surface area (Å²) < 4.78 is 11.2. The highest BCUT2D eigenvalue weighted by atomic mass is 79.9. The first-order chi connectivity index (χ1) is 8.71. The van der Waals surface area contributed by atoms with Crippen LogP contribution in [0.1, 0.15) is 16.1 Å². The zero-order chi connectivity index (χ0) is 13.1. The molecule has 1 heterocycles. The normalized spacial score (nSPS) is 9.83. The number of nitrogens with zero attached hydrogens (tertiary/aromatic N) is 1. The number of halogens is 1. The van der Waals surface area contributed by atoms with Crippen molar-refractivity contribution in [2.75, 3.05) is 7.11 Å². The molecule has 0 spiro atoms. The van der Waals surface area contributed by atoms with E-state index in [-0.39, 0.29) is 5.76 Å². The lowest BCUT2D eigenvalue weighted by molar-refractivity contribution is 0.110. The molecule has 2 aromatic rings. The monoisotopic (exact) mass is 305 g/mol. The van der Waals surface area contributed by atoms with E-state index in [2.05, 4.69) is 22.0 Å². The van der Waals surface area contributed by atoms with Crippen LogP contribution in [0.3, 0.4) is 0 Å². The van der Waals surface area contributed by atoms with E-state index >= 15 is 0 Å². The van der Waals surface area contributed by atoms with E-state index in [1.165, 1.54) is 7.11 Å². The van der Waals surface area contributed by atoms with Gasteiger partial charge in [0.05, 0.1) is 11.6 Å². The smallest absolute Gasteiger partial charge is 0.185 e. The fourth-order valence-corrected chi connectivity index (χ4v) is 2.13. The summed E-state index contributed by atoms with van der Waals surface area (Å²) in [5, 5.41) is 9.22. The van der Waals surface area contributed by atoms with Gasteiger partial charge in [-0.05, 0) is 40.2 Å². The summed E-state index contributed by atoms with van der Waals surface area (Å²) in [6.07, 6.45) is 0.617. The quantitative estimate of drug-likeness (QED) is 0.815. The van der Waals surface area contributed by atoms with Crippen LogP contribution in [0, 0.1) is 11.3 Å². The molecule has 4 nitrogen and oxygen atoms in total. The minimum Gasteiger partial charge on any atom is -0.494 e. The Morgan fingerprint density at radius 3 is 2.72 bits per heavy atom. The number of hydrogen-bond donors (Lipinski definition) is 0. The van der Waals surface area contributed by atoms with Gasteiger partial charge in [-0.2, -0.15) is 5.26 Å². The van der Waals surface area contributed by atoms with E-state index in [1.54, 1.807) is 24.3 Å². The molecular formula is C13H8BrNO3. The third-order valence-electron chi connectivity index (χ3n) is 2.43. The van der Waals surface area contributed by atoms with Gasteiger partial charge >= 0.3 is 0 Å². The number of aldehydes is 1. The number of nitriles is 1. The van der Waals surface area contributed by atoms with Crippen molar-refractivity contribution in [2.24, 2.45) is 0 Å². The summed E-state index contributed by atoms with van der Waals surface area (Å²) in [6, 6.07) is 8.77. The van der Waals surface area contributed by atoms with Crippen molar-refractivity contribution in [2.45, 2.75) is 0 Å². The largest absolute Gasteiger partial charge is 0.494 e. The van der Waals surface area contributed by atoms with Gasteiger partial charge < -0.3 is 9.15 Å². The lowest BCUT2D eigenvalue weighted by atomic mass is 10.1. The topological polar surface area (TPSA) is 63.2 Å². The molecule has 0 aliphatic heterocycles. The molecule has 0 fully saturated rings. The van der Waals surface area contributed by atoms with Crippen molar-refractivity contribution < 1.29 is 13.9 Å². The third-order valence-corrected chi connectivity index (χ3v) is 3.06. The molecule has 0 radical (unpaired) electrons. The van der Waals surface area contributed by atoms with Crippen LogP contribution in [0.4, 0.5) is 0 Å². The summed E-state index contributed by atoms with van der Waals surface area (Å²) in [5.74, 6) is 1.12. The average molecular weight is 306 g/mol. The average Bonchev–Trinajstić information content (AvgIpc) is 2.86. The molecule has 5 heteroatoms. The van der Waals surface area contributed by atoms with E-state index in [1.807, 2.05) is 0 Å². The molecule has 0 atom stereocenters. The Hall–Kier alpha value is -2.06.